The molecule has 0 spiro atoms. The van der Waals surface area contributed by atoms with Crippen molar-refractivity contribution in [1.29, 1.82) is 0 Å². The first kappa shape index (κ1) is 9.08. The van der Waals surface area contributed by atoms with Crippen LogP contribution in [0.1, 0.15) is 6.92 Å². The van der Waals surface area contributed by atoms with E-state index in [0.29, 0.717) is 0 Å². The SMILES string of the molecule is C/C=C/CNc1ncnc2scnc12. The van der Waals surface area contributed by atoms with Crippen molar-refractivity contribution in [3.05, 3.63) is 24.0 Å². The maximum absolute atomic E-state index is 4.20. The van der Waals surface area contributed by atoms with Crippen molar-refractivity contribution < 1.29 is 0 Å². The summed E-state index contributed by atoms with van der Waals surface area (Å²) in [6.45, 7) is 2.75. The minimum absolute atomic E-state index is 0.764. The summed E-state index contributed by atoms with van der Waals surface area (Å²) in [6.07, 6.45) is 5.57. The third kappa shape index (κ3) is 1.72. The van der Waals surface area contributed by atoms with E-state index < -0.39 is 0 Å². The summed E-state index contributed by atoms with van der Waals surface area (Å²) in [5.41, 5.74) is 2.63. The van der Waals surface area contributed by atoms with Gasteiger partial charge >= 0.3 is 0 Å². The van der Waals surface area contributed by atoms with Crippen LogP contribution in [0.4, 0.5) is 5.82 Å². The Morgan fingerprint density at radius 2 is 2.36 bits per heavy atom. The zero-order valence-corrected chi connectivity index (χ0v) is 8.58. The molecule has 0 saturated heterocycles. The van der Waals surface area contributed by atoms with Crippen LogP contribution in [0.2, 0.25) is 0 Å². The molecule has 2 aromatic heterocycles. The van der Waals surface area contributed by atoms with Gasteiger partial charge in [0.05, 0.1) is 5.51 Å². The van der Waals surface area contributed by atoms with Gasteiger partial charge in [0.2, 0.25) is 0 Å². The molecule has 0 atom stereocenters. The molecule has 0 aliphatic rings. The fourth-order valence-electron chi connectivity index (χ4n) is 1.10. The van der Waals surface area contributed by atoms with Crippen molar-refractivity contribution in [2.45, 2.75) is 6.92 Å². The third-order valence-electron chi connectivity index (χ3n) is 1.76. The van der Waals surface area contributed by atoms with Gasteiger partial charge in [0.25, 0.3) is 0 Å². The Labute approximate surface area is 85.7 Å². The van der Waals surface area contributed by atoms with Crippen LogP contribution in [0.3, 0.4) is 0 Å². The Morgan fingerprint density at radius 1 is 1.43 bits per heavy atom. The fourth-order valence-corrected chi connectivity index (χ4v) is 1.72. The second-order valence-electron chi connectivity index (χ2n) is 2.68. The molecule has 0 radical (unpaired) electrons. The maximum Gasteiger partial charge on any atom is 0.157 e. The van der Waals surface area contributed by atoms with Gasteiger partial charge in [-0.05, 0) is 6.92 Å². The van der Waals surface area contributed by atoms with Crippen molar-refractivity contribution in [3.8, 4) is 0 Å². The molecule has 0 aliphatic carbocycles. The molecule has 0 bridgehead atoms. The summed E-state index contributed by atoms with van der Waals surface area (Å²) in [4.78, 5) is 13.4. The van der Waals surface area contributed by atoms with E-state index in [2.05, 4.69) is 20.3 Å². The molecular formula is C9H10N4S. The normalized spacial score (nSPS) is 11.2. The summed E-state index contributed by atoms with van der Waals surface area (Å²) in [7, 11) is 0. The lowest BCUT2D eigenvalue weighted by molar-refractivity contribution is 1.18. The van der Waals surface area contributed by atoms with E-state index in [4.69, 9.17) is 0 Å². The zero-order chi connectivity index (χ0) is 9.80. The highest BCUT2D eigenvalue weighted by Crippen LogP contribution is 2.19. The Morgan fingerprint density at radius 3 is 3.21 bits per heavy atom. The first-order valence-corrected chi connectivity index (χ1v) is 5.19. The summed E-state index contributed by atoms with van der Waals surface area (Å²) < 4.78 is 0. The molecule has 0 unspecified atom stereocenters. The predicted molar refractivity (Wildman–Crippen MR) is 58.5 cm³/mol. The fraction of sp³-hybridized carbons (Fsp3) is 0.222. The lowest BCUT2D eigenvalue weighted by Gasteiger charge is -2.01. The molecular weight excluding hydrogens is 196 g/mol. The van der Waals surface area contributed by atoms with Crippen molar-refractivity contribution in [2.75, 3.05) is 11.9 Å². The van der Waals surface area contributed by atoms with Gasteiger partial charge in [-0.1, -0.05) is 12.2 Å². The summed E-state index contributed by atoms with van der Waals surface area (Å²) in [6, 6.07) is 0. The number of aromatic nitrogens is 3. The van der Waals surface area contributed by atoms with Crippen LogP contribution < -0.4 is 5.32 Å². The molecule has 14 heavy (non-hydrogen) atoms. The number of nitrogens with zero attached hydrogens (tertiary/aromatic N) is 3. The number of thiazole rings is 1. The van der Waals surface area contributed by atoms with Crippen molar-refractivity contribution in [1.82, 2.24) is 15.0 Å². The maximum atomic E-state index is 4.20. The number of anilines is 1. The van der Waals surface area contributed by atoms with Crippen LogP contribution in [0, 0.1) is 0 Å². The highest BCUT2D eigenvalue weighted by atomic mass is 32.1. The number of nitrogens with one attached hydrogen (secondary N) is 1. The lowest BCUT2D eigenvalue weighted by atomic mass is 10.4. The minimum atomic E-state index is 0.764. The summed E-state index contributed by atoms with van der Waals surface area (Å²) in [5.74, 6) is 0.800. The molecule has 2 aromatic rings. The Bertz CT molecular complexity index is 449. The van der Waals surface area contributed by atoms with Crippen molar-refractivity contribution in [2.24, 2.45) is 0 Å². The second kappa shape index (κ2) is 4.15. The summed E-state index contributed by atoms with van der Waals surface area (Å²) >= 11 is 1.52. The van der Waals surface area contributed by atoms with Gasteiger partial charge in [0, 0.05) is 6.54 Å². The number of rotatable bonds is 3. The molecule has 0 saturated carbocycles. The predicted octanol–water partition coefficient (Wildman–Crippen LogP) is 2.07. The molecule has 5 heteroatoms. The zero-order valence-electron chi connectivity index (χ0n) is 7.77. The van der Waals surface area contributed by atoms with Gasteiger partial charge in [0.15, 0.2) is 5.82 Å². The number of hydrogen-bond donors (Lipinski definition) is 1. The van der Waals surface area contributed by atoms with Crippen LogP contribution in [0.15, 0.2) is 24.0 Å². The molecule has 0 aromatic carbocycles. The number of hydrogen-bond acceptors (Lipinski definition) is 5. The highest BCUT2D eigenvalue weighted by Gasteiger charge is 2.03. The van der Waals surface area contributed by atoms with Gasteiger partial charge in [0.1, 0.15) is 16.7 Å². The van der Waals surface area contributed by atoms with Gasteiger partial charge in [-0.25, -0.2) is 15.0 Å². The van der Waals surface area contributed by atoms with Gasteiger partial charge in [-0.2, -0.15) is 0 Å². The topological polar surface area (TPSA) is 50.7 Å². The third-order valence-corrected chi connectivity index (χ3v) is 2.49. The van der Waals surface area contributed by atoms with Crippen molar-refractivity contribution in [3.63, 3.8) is 0 Å². The molecule has 1 N–H and O–H groups in total. The van der Waals surface area contributed by atoms with Crippen LogP contribution in [0.25, 0.3) is 10.3 Å². The van der Waals surface area contributed by atoms with Crippen LogP contribution >= 0.6 is 11.3 Å². The van der Waals surface area contributed by atoms with E-state index in [1.165, 1.54) is 11.3 Å². The molecule has 0 fully saturated rings. The average molecular weight is 206 g/mol. The standard InChI is InChI=1S/C9H10N4S/c1-2-3-4-10-8-7-9(12-5-11-8)14-6-13-7/h2-3,5-6H,4H2,1H3,(H,10,11,12)/b3-2+. The Balaban J connectivity index is 2.27. The Hall–Kier alpha value is -1.49. The number of fused-ring (bicyclic) bond motifs is 1. The number of allylic oxidation sites excluding steroid dienone is 1. The summed E-state index contributed by atoms with van der Waals surface area (Å²) in [5, 5.41) is 3.18. The first-order chi connectivity index (χ1) is 6.92. The van der Waals surface area contributed by atoms with Gasteiger partial charge in [-0.3, -0.25) is 0 Å². The van der Waals surface area contributed by atoms with Gasteiger partial charge < -0.3 is 5.32 Å². The van der Waals surface area contributed by atoms with Crippen LogP contribution in [-0.4, -0.2) is 21.5 Å². The molecule has 4 nitrogen and oxygen atoms in total. The molecule has 0 amide bonds. The second-order valence-corrected chi connectivity index (χ2v) is 3.51. The smallest absolute Gasteiger partial charge is 0.157 e. The largest absolute Gasteiger partial charge is 0.365 e. The van der Waals surface area contributed by atoms with Crippen LogP contribution in [0.5, 0.6) is 0 Å². The Kier molecular flexibility index (Phi) is 2.69. The highest BCUT2D eigenvalue weighted by molar-refractivity contribution is 7.16. The lowest BCUT2D eigenvalue weighted by Crippen LogP contribution is -2.01. The van der Waals surface area contributed by atoms with Crippen molar-refractivity contribution >= 4 is 27.5 Å². The first-order valence-electron chi connectivity index (χ1n) is 4.31. The van der Waals surface area contributed by atoms with E-state index in [0.717, 1.165) is 22.7 Å². The van der Waals surface area contributed by atoms with E-state index >= 15 is 0 Å². The monoisotopic (exact) mass is 206 g/mol. The molecule has 2 heterocycles. The molecule has 0 aliphatic heterocycles. The van der Waals surface area contributed by atoms with Gasteiger partial charge in [-0.15, -0.1) is 11.3 Å². The molecule has 2 rings (SSSR count). The quantitative estimate of drug-likeness (QED) is 0.781. The van der Waals surface area contributed by atoms with E-state index in [-0.39, 0.29) is 0 Å². The average Bonchev–Trinajstić information content (AvgIpc) is 2.67. The van der Waals surface area contributed by atoms with E-state index in [1.807, 2.05) is 19.1 Å². The van der Waals surface area contributed by atoms with E-state index in [9.17, 15) is 0 Å². The molecule has 72 valence electrons. The minimum Gasteiger partial charge on any atom is -0.365 e. The van der Waals surface area contributed by atoms with Crippen LogP contribution in [-0.2, 0) is 0 Å². The van der Waals surface area contributed by atoms with E-state index in [1.54, 1.807) is 11.8 Å².